The number of hydrogen-bond acceptors (Lipinski definition) is 1. The monoisotopic (exact) mass is 155 g/mol. The Morgan fingerprint density at radius 2 is 2.09 bits per heavy atom. The molecule has 1 aliphatic heterocycles. The molecule has 0 spiro atoms. The minimum atomic E-state index is 0.500. The van der Waals surface area contributed by atoms with Crippen LogP contribution < -0.4 is 5.32 Å². The lowest BCUT2D eigenvalue weighted by Gasteiger charge is -2.37. The second kappa shape index (κ2) is 3.57. The van der Waals surface area contributed by atoms with Gasteiger partial charge in [-0.2, -0.15) is 0 Å². The molecular formula is C10H21N. The van der Waals surface area contributed by atoms with Gasteiger partial charge in [0.2, 0.25) is 0 Å². The van der Waals surface area contributed by atoms with Gasteiger partial charge in [-0.05, 0) is 31.2 Å². The van der Waals surface area contributed by atoms with E-state index in [1.54, 1.807) is 0 Å². The molecule has 0 radical (unpaired) electrons. The molecule has 1 saturated heterocycles. The highest BCUT2D eigenvalue weighted by molar-refractivity contribution is 4.85. The van der Waals surface area contributed by atoms with Crippen LogP contribution in [0.5, 0.6) is 0 Å². The fraction of sp³-hybridized carbons (Fsp3) is 1.00. The van der Waals surface area contributed by atoms with Crippen LogP contribution in [0, 0.1) is 5.41 Å². The van der Waals surface area contributed by atoms with Gasteiger partial charge in [0.15, 0.2) is 0 Å². The molecule has 0 bridgehead atoms. The van der Waals surface area contributed by atoms with Gasteiger partial charge in [0.1, 0.15) is 0 Å². The van der Waals surface area contributed by atoms with E-state index in [4.69, 9.17) is 0 Å². The van der Waals surface area contributed by atoms with Crippen molar-refractivity contribution in [1.29, 1.82) is 0 Å². The predicted octanol–water partition coefficient (Wildman–Crippen LogP) is 2.56. The molecule has 0 amide bonds. The van der Waals surface area contributed by atoms with Crippen molar-refractivity contribution in [2.45, 2.75) is 52.5 Å². The number of nitrogens with one attached hydrogen (secondary N) is 1. The van der Waals surface area contributed by atoms with Crippen molar-refractivity contribution in [3.8, 4) is 0 Å². The summed E-state index contributed by atoms with van der Waals surface area (Å²) in [5.41, 5.74) is 0.500. The van der Waals surface area contributed by atoms with E-state index in [0.717, 1.165) is 6.04 Å². The fourth-order valence-corrected chi connectivity index (χ4v) is 1.77. The number of hydrogen-bond donors (Lipinski definition) is 1. The van der Waals surface area contributed by atoms with E-state index in [1.807, 2.05) is 0 Å². The van der Waals surface area contributed by atoms with Crippen LogP contribution in [0.2, 0.25) is 0 Å². The van der Waals surface area contributed by atoms with Crippen molar-refractivity contribution < 1.29 is 0 Å². The van der Waals surface area contributed by atoms with Gasteiger partial charge in [-0.15, -0.1) is 0 Å². The summed E-state index contributed by atoms with van der Waals surface area (Å²) in [4.78, 5) is 0. The molecule has 1 unspecified atom stereocenters. The SMILES string of the molecule is CCC(C)(C)C1CCCCN1. The second-order valence-corrected chi connectivity index (χ2v) is 4.34. The molecule has 0 aliphatic carbocycles. The third kappa shape index (κ3) is 2.19. The Balaban J connectivity index is 2.43. The number of rotatable bonds is 2. The first-order valence-electron chi connectivity index (χ1n) is 4.90. The van der Waals surface area contributed by atoms with Crippen molar-refractivity contribution in [3.05, 3.63) is 0 Å². The topological polar surface area (TPSA) is 12.0 Å². The first kappa shape index (κ1) is 9.05. The highest BCUT2D eigenvalue weighted by Gasteiger charge is 2.28. The molecule has 66 valence electrons. The molecule has 1 heterocycles. The highest BCUT2D eigenvalue weighted by Crippen LogP contribution is 2.29. The maximum absolute atomic E-state index is 3.61. The van der Waals surface area contributed by atoms with Crippen molar-refractivity contribution in [1.82, 2.24) is 5.32 Å². The van der Waals surface area contributed by atoms with Crippen LogP contribution in [0.15, 0.2) is 0 Å². The van der Waals surface area contributed by atoms with Gasteiger partial charge >= 0.3 is 0 Å². The zero-order valence-electron chi connectivity index (χ0n) is 8.11. The maximum Gasteiger partial charge on any atom is 0.0118 e. The molecule has 1 aliphatic rings. The first-order valence-corrected chi connectivity index (χ1v) is 4.90. The Bertz CT molecular complexity index is 112. The van der Waals surface area contributed by atoms with Crippen molar-refractivity contribution in [2.75, 3.05) is 6.54 Å². The van der Waals surface area contributed by atoms with Gasteiger partial charge in [0.05, 0.1) is 0 Å². The average Bonchev–Trinajstić information content (AvgIpc) is 2.06. The van der Waals surface area contributed by atoms with Crippen molar-refractivity contribution >= 4 is 0 Å². The van der Waals surface area contributed by atoms with Crippen LogP contribution in [-0.2, 0) is 0 Å². The Hall–Kier alpha value is -0.0400. The van der Waals surface area contributed by atoms with Crippen LogP contribution in [0.3, 0.4) is 0 Å². The molecular weight excluding hydrogens is 134 g/mol. The standard InChI is InChI=1S/C10H21N/c1-4-10(2,3)9-7-5-6-8-11-9/h9,11H,4-8H2,1-3H3. The summed E-state index contributed by atoms with van der Waals surface area (Å²) in [5.74, 6) is 0. The summed E-state index contributed by atoms with van der Waals surface area (Å²) in [6.07, 6.45) is 5.45. The van der Waals surface area contributed by atoms with Crippen LogP contribution in [0.25, 0.3) is 0 Å². The fourth-order valence-electron chi connectivity index (χ4n) is 1.77. The lowest BCUT2D eigenvalue weighted by molar-refractivity contribution is 0.197. The van der Waals surface area contributed by atoms with Crippen molar-refractivity contribution in [3.63, 3.8) is 0 Å². The molecule has 1 nitrogen and oxygen atoms in total. The zero-order valence-corrected chi connectivity index (χ0v) is 8.11. The third-order valence-electron chi connectivity index (χ3n) is 3.16. The van der Waals surface area contributed by atoms with Crippen LogP contribution >= 0.6 is 0 Å². The summed E-state index contributed by atoms with van der Waals surface area (Å²) in [5, 5.41) is 3.61. The van der Waals surface area contributed by atoms with E-state index in [1.165, 1.54) is 32.2 Å². The Kier molecular flexibility index (Phi) is 2.94. The Morgan fingerprint density at radius 1 is 1.36 bits per heavy atom. The predicted molar refractivity (Wildman–Crippen MR) is 49.7 cm³/mol. The maximum atomic E-state index is 3.61. The lowest BCUT2D eigenvalue weighted by Crippen LogP contribution is -2.44. The van der Waals surface area contributed by atoms with E-state index in [-0.39, 0.29) is 0 Å². The van der Waals surface area contributed by atoms with Crippen molar-refractivity contribution in [2.24, 2.45) is 5.41 Å². The van der Waals surface area contributed by atoms with E-state index in [9.17, 15) is 0 Å². The van der Waals surface area contributed by atoms with E-state index < -0.39 is 0 Å². The molecule has 1 fully saturated rings. The molecule has 1 heteroatoms. The summed E-state index contributed by atoms with van der Waals surface area (Å²) < 4.78 is 0. The zero-order chi connectivity index (χ0) is 8.32. The molecule has 1 rings (SSSR count). The molecule has 1 N–H and O–H groups in total. The van der Waals surface area contributed by atoms with Gasteiger partial charge in [0, 0.05) is 6.04 Å². The van der Waals surface area contributed by atoms with E-state index >= 15 is 0 Å². The van der Waals surface area contributed by atoms with E-state index in [0.29, 0.717) is 5.41 Å². The first-order chi connectivity index (χ1) is 5.17. The van der Waals surface area contributed by atoms with Gasteiger partial charge in [0.25, 0.3) is 0 Å². The third-order valence-corrected chi connectivity index (χ3v) is 3.16. The van der Waals surface area contributed by atoms with Gasteiger partial charge in [-0.3, -0.25) is 0 Å². The van der Waals surface area contributed by atoms with Gasteiger partial charge < -0.3 is 5.32 Å². The van der Waals surface area contributed by atoms with Gasteiger partial charge in [-0.1, -0.05) is 27.2 Å². The summed E-state index contributed by atoms with van der Waals surface area (Å²) in [7, 11) is 0. The molecule has 0 aromatic rings. The Morgan fingerprint density at radius 3 is 2.55 bits per heavy atom. The summed E-state index contributed by atoms with van der Waals surface area (Å²) in [6, 6.07) is 0.765. The molecule has 11 heavy (non-hydrogen) atoms. The minimum absolute atomic E-state index is 0.500. The average molecular weight is 155 g/mol. The van der Waals surface area contributed by atoms with Crippen LogP contribution in [0.1, 0.15) is 46.5 Å². The van der Waals surface area contributed by atoms with Crippen LogP contribution in [0.4, 0.5) is 0 Å². The van der Waals surface area contributed by atoms with E-state index in [2.05, 4.69) is 26.1 Å². The Labute approximate surface area is 70.6 Å². The summed E-state index contributed by atoms with van der Waals surface area (Å²) in [6.45, 7) is 8.26. The largest absolute Gasteiger partial charge is 0.313 e. The quantitative estimate of drug-likeness (QED) is 0.646. The molecule has 0 aromatic heterocycles. The summed E-state index contributed by atoms with van der Waals surface area (Å²) >= 11 is 0. The second-order valence-electron chi connectivity index (χ2n) is 4.34. The molecule has 1 atom stereocenters. The van der Waals surface area contributed by atoms with Crippen LogP contribution in [-0.4, -0.2) is 12.6 Å². The molecule has 0 aromatic carbocycles. The highest BCUT2D eigenvalue weighted by atomic mass is 14.9. The van der Waals surface area contributed by atoms with Gasteiger partial charge in [-0.25, -0.2) is 0 Å². The number of piperidine rings is 1. The molecule has 0 saturated carbocycles. The minimum Gasteiger partial charge on any atom is -0.313 e. The smallest absolute Gasteiger partial charge is 0.0118 e. The lowest BCUT2D eigenvalue weighted by atomic mass is 9.78. The normalized spacial score (nSPS) is 27.0.